The van der Waals surface area contributed by atoms with Gasteiger partial charge in [-0.2, -0.15) is 0 Å². The normalized spacial score (nSPS) is 11.2. The Bertz CT molecular complexity index is 1090. The molecule has 2 N–H and O–H groups in total. The van der Waals surface area contributed by atoms with E-state index in [2.05, 4.69) is 20.8 Å². The van der Waals surface area contributed by atoms with Gasteiger partial charge in [-0.1, -0.05) is 23.9 Å². The average Bonchev–Trinajstić information content (AvgIpc) is 3.13. The Labute approximate surface area is 188 Å². The highest BCUT2D eigenvalue weighted by molar-refractivity contribution is 7.98. The van der Waals surface area contributed by atoms with Gasteiger partial charge in [-0.05, 0) is 50.6 Å². The first-order valence-electron chi connectivity index (χ1n) is 9.75. The number of non-ortho nitro benzene ring substituents is 1. The fourth-order valence-corrected chi connectivity index (χ4v) is 3.69. The molecule has 3 rings (SSSR count). The van der Waals surface area contributed by atoms with Crippen molar-refractivity contribution in [1.29, 1.82) is 0 Å². The largest absolute Gasteiger partial charge is 0.334 e. The van der Waals surface area contributed by atoms with E-state index in [1.165, 1.54) is 36.0 Å². The molecule has 3 aromatic rings. The van der Waals surface area contributed by atoms with E-state index < -0.39 is 10.5 Å². The van der Waals surface area contributed by atoms with Crippen LogP contribution in [0.25, 0.3) is 5.69 Å². The van der Waals surface area contributed by atoms with Crippen LogP contribution in [0, 0.1) is 15.9 Å². The van der Waals surface area contributed by atoms with Crippen molar-refractivity contribution in [2.75, 3.05) is 0 Å². The van der Waals surface area contributed by atoms with E-state index in [1.54, 1.807) is 28.8 Å². The number of nitrogens with one attached hydrogen (secondary N) is 2. The molecule has 2 amide bonds. The first-order valence-corrected chi connectivity index (χ1v) is 10.7. The number of rotatable bonds is 7. The second kappa shape index (κ2) is 9.77. The predicted molar refractivity (Wildman–Crippen MR) is 119 cm³/mol. The lowest BCUT2D eigenvalue weighted by Gasteiger charge is -2.20. The molecule has 1 heterocycles. The van der Waals surface area contributed by atoms with Gasteiger partial charge >= 0.3 is 6.03 Å². The maximum absolute atomic E-state index is 13.2. The molecular weight excluding hydrogens is 435 g/mol. The first kappa shape index (κ1) is 23.2. The van der Waals surface area contributed by atoms with E-state index in [0.717, 1.165) is 5.56 Å². The van der Waals surface area contributed by atoms with Gasteiger partial charge in [-0.15, -0.1) is 10.2 Å². The summed E-state index contributed by atoms with van der Waals surface area (Å²) in [6, 6.07) is 11.8. The fourth-order valence-electron chi connectivity index (χ4n) is 2.76. The molecule has 32 heavy (non-hydrogen) atoms. The summed E-state index contributed by atoms with van der Waals surface area (Å²) in [5, 5.41) is 25.5. The topological polar surface area (TPSA) is 115 Å². The monoisotopic (exact) mass is 458 g/mol. The number of urea groups is 1. The number of nitro groups is 1. The number of nitrogens with zero attached hydrogens (tertiary/aromatic N) is 4. The first-order chi connectivity index (χ1) is 15.1. The number of nitro benzene ring substituents is 1. The van der Waals surface area contributed by atoms with Crippen molar-refractivity contribution >= 4 is 23.5 Å². The van der Waals surface area contributed by atoms with Gasteiger partial charge in [-0.3, -0.25) is 14.7 Å². The minimum atomic E-state index is -0.473. The minimum absolute atomic E-state index is 0.0356. The summed E-state index contributed by atoms with van der Waals surface area (Å²) in [4.78, 5) is 22.7. The van der Waals surface area contributed by atoms with Gasteiger partial charge in [-0.25, -0.2) is 9.18 Å². The van der Waals surface area contributed by atoms with E-state index in [0.29, 0.717) is 22.4 Å². The molecular formula is C21H23FN6O3S. The van der Waals surface area contributed by atoms with Crippen molar-refractivity contribution in [3.8, 4) is 5.69 Å². The third-order valence-corrected chi connectivity index (χ3v) is 5.20. The van der Waals surface area contributed by atoms with Crippen molar-refractivity contribution in [3.63, 3.8) is 0 Å². The second-order valence-corrected chi connectivity index (χ2v) is 8.92. The SMILES string of the molecule is CC(C)(C)NC(=O)NCc1nnc(SCc2ccc(F)cc2)n1-c1ccc([N+](=O)[O-])cc1. The molecule has 0 saturated carbocycles. The number of hydrogen-bond acceptors (Lipinski definition) is 6. The van der Waals surface area contributed by atoms with Gasteiger partial charge < -0.3 is 10.6 Å². The Hall–Kier alpha value is -3.47. The second-order valence-electron chi connectivity index (χ2n) is 7.98. The molecule has 11 heteroatoms. The lowest BCUT2D eigenvalue weighted by molar-refractivity contribution is -0.384. The molecule has 0 unspecified atom stereocenters. The number of carbonyl (C=O) groups excluding carboxylic acids is 1. The Morgan fingerprint density at radius 3 is 2.38 bits per heavy atom. The highest BCUT2D eigenvalue weighted by atomic mass is 32.2. The number of hydrogen-bond donors (Lipinski definition) is 2. The van der Waals surface area contributed by atoms with Gasteiger partial charge in [0.2, 0.25) is 0 Å². The highest BCUT2D eigenvalue weighted by Crippen LogP contribution is 2.26. The van der Waals surface area contributed by atoms with Gasteiger partial charge in [0.1, 0.15) is 5.82 Å². The lowest BCUT2D eigenvalue weighted by Crippen LogP contribution is -2.46. The van der Waals surface area contributed by atoms with E-state index >= 15 is 0 Å². The van der Waals surface area contributed by atoms with Crippen LogP contribution < -0.4 is 10.6 Å². The number of benzene rings is 2. The number of thioether (sulfide) groups is 1. The zero-order valence-corrected chi connectivity index (χ0v) is 18.6. The molecule has 0 aliphatic heterocycles. The van der Waals surface area contributed by atoms with Crippen LogP contribution in [0.4, 0.5) is 14.9 Å². The summed E-state index contributed by atoms with van der Waals surface area (Å²) in [6.45, 7) is 5.71. The zero-order chi connectivity index (χ0) is 23.3. The Morgan fingerprint density at radius 1 is 1.12 bits per heavy atom. The van der Waals surface area contributed by atoms with Crippen LogP contribution >= 0.6 is 11.8 Å². The number of amides is 2. The van der Waals surface area contributed by atoms with Crippen LogP contribution in [0.2, 0.25) is 0 Å². The molecule has 9 nitrogen and oxygen atoms in total. The molecule has 0 aliphatic carbocycles. The van der Waals surface area contributed by atoms with E-state index in [9.17, 15) is 19.3 Å². The average molecular weight is 459 g/mol. The fraction of sp³-hybridized carbons (Fsp3) is 0.286. The molecule has 168 valence electrons. The van der Waals surface area contributed by atoms with E-state index in [-0.39, 0.29) is 24.1 Å². The predicted octanol–water partition coefficient (Wildman–Crippen LogP) is 4.20. The minimum Gasteiger partial charge on any atom is -0.334 e. The molecule has 0 saturated heterocycles. The van der Waals surface area contributed by atoms with Crippen molar-refractivity contribution < 1.29 is 14.1 Å². The van der Waals surface area contributed by atoms with E-state index in [1.807, 2.05) is 20.8 Å². The summed E-state index contributed by atoms with van der Waals surface area (Å²) in [5.74, 6) is 0.669. The maximum atomic E-state index is 13.2. The van der Waals surface area contributed by atoms with Gasteiger partial charge in [0, 0.05) is 29.1 Å². The van der Waals surface area contributed by atoms with Crippen LogP contribution in [0.15, 0.2) is 53.7 Å². The number of carbonyl (C=O) groups is 1. The van der Waals surface area contributed by atoms with Crippen LogP contribution in [-0.2, 0) is 12.3 Å². The standard InChI is InChI=1S/C21H23FN6O3S/c1-21(2,3)24-19(29)23-12-18-25-26-20(32-13-14-4-6-15(22)7-5-14)27(18)16-8-10-17(11-9-16)28(30)31/h4-11H,12-13H2,1-3H3,(H2,23,24,29). The summed E-state index contributed by atoms with van der Waals surface area (Å²) >= 11 is 1.38. The van der Waals surface area contributed by atoms with Crippen molar-refractivity contribution in [3.05, 3.63) is 75.9 Å². The summed E-state index contributed by atoms with van der Waals surface area (Å²) < 4.78 is 14.9. The molecule has 0 aliphatic rings. The van der Waals surface area contributed by atoms with Crippen molar-refractivity contribution in [2.45, 2.75) is 43.8 Å². The van der Waals surface area contributed by atoms with Crippen LogP contribution in [0.5, 0.6) is 0 Å². The maximum Gasteiger partial charge on any atom is 0.315 e. The molecule has 0 bridgehead atoms. The molecule has 1 aromatic heterocycles. The van der Waals surface area contributed by atoms with Crippen molar-refractivity contribution in [1.82, 2.24) is 25.4 Å². The molecule has 0 radical (unpaired) electrons. The quantitative estimate of drug-likeness (QED) is 0.311. The zero-order valence-electron chi connectivity index (χ0n) is 17.8. The third-order valence-electron chi connectivity index (χ3n) is 4.20. The van der Waals surface area contributed by atoms with Crippen LogP contribution in [0.1, 0.15) is 32.2 Å². The Balaban J connectivity index is 1.84. The van der Waals surface area contributed by atoms with E-state index in [4.69, 9.17) is 0 Å². The number of halogens is 1. The van der Waals surface area contributed by atoms with Gasteiger partial charge in [0.15, 0.2) is 11.0 Å². The van der Waals surface area contributed by atoms with Crippen LogP contribution in [0.3, 0.4) is 0 Å². The van der Waals surface area contributed by atoms with Gasteiger partial charge in [0.05, 0.1) is 11.5 Å². The highest BCUT2D eigenvalue weighted by Gasteiger charge is 2.18. The summed E-state index contributed by atoms with van der Waals surface area (Å²) in [7, 11) is 0. The molecule has 2 aromatic carbocycles. The summed E-state index contributed by atoms with van der Waals surface area (Å²) in [6.07, 6.45) is 0. The molecule has 0 atom stereocenters. The summed E-state index contributed by atoms with van der Waals surface area (Å²) in [5.41, 5.74) is 1.09. The Kier molecular flexibility index (Phi) is 7.08. The van der Waals surface area contributed by atoms with Gasteiger partial charge in [0.25, 0.3) is 5.69 Å². The van der Waals surface area contributed by atoms with Crippen LogP contribution in [-0.4, -0.2) is 31.3 Å². The smallest absolute Gasteiger partial charge is 0.315 e. The molecule has 0 fully saturated rings. The van der Waals surface area contributed by atoms with Crippen molar-refractivity contribution in [2.24, 2.45) is 0 Å². The Morgan fingerprint density at radius 2 is 1.78 bits per heavy atom. The number of aromatic nitrogens is 3. The lowest BCUT2D eigenvalue weighted by atomic mass is 10.1. The third kappa shape index (κ3) is 6.27. The molecule has 0 spiro atoms.